The normalized spacial score (nSPS) is 16.1. The van der Waals surface area contributed by atoms with Crippen molar-refractivity contribution >= 4 is 6.79 Å². The standard InChI is InChI=1S/C16H20O.CO.Cr/c17-13-7-1-2-12-16(14-8-3-4-9-14)15-10-5-6-11-15;1-2;/h3-6,8,10H,1-2,7,9,11-13H2;;/q-1;;+1. The molecule has 2 rings (SSSR count). The Morgan fingerprint density at radius 3 is 2.10 bits per heavy atom. The third-order valence-electron chi connectivity index (χ3n) is 3.47. The van der Waals surface area contributed by atoms with Crippen molar-refractivity contribution in [3.63, 3.8) is 0 Å². The second kappa shape index (κ2) is 10.9. The zero-order valence-corrected chi connectivity index (χ0v) is 12.9. The zero-order valence-electron chi connectivity index (χ0n) is 11.6. The van der Waals surface area contributed by atoms with Crippen LogP contribution in [-0.2, 0) is 25.2 Å². The third kappa shape index (κ3) is 5.63. The molecule has 0 aliphatic heterocycles. The van der Waals surface area contributed by atoms with Gasteiger partial charge in [-0.3, -0.25) is 4.79 Å². The van der Waals surface area contributed by atoms with Gasteiger partial charge in [0.15, 0.2) is 0 Å². The first-order chi connectivity index (χ1) is 9.92. The van der Waals surface area contributed by atoms with Gasteiger partial charge in [0.25, 0.3) is 6.79 Å². The third-order valence-corrected chi connectivity index (χ3v) is 3.73. The van der Waals surface area contributed by atoms with Gasteiger partial charge in [-0.15, -0.1) is 0 Å². The Morgan fingerprint density at radius 2 is 1.65 bits per heavy atom. The molecule has 0 N–H and O–H groups in total. The molecule has 0 fully saturated rings. The molecule has 0 aromatic rings. The molecule has 0 bridgehead atoms. The van der Waals surface area contributed by atoms with Crippen LogP contribution in [0.1, 0.15) is 38.5 Å². The fraction of sp³-hybridized carbons (Fsp3) is 0.412. The van der Waals surface area contributed by atoms with Crippen LogP contribution in [0.2, 0.25) is 0 Å². The molecule has 2 aliphatic carbocycles. The number of hydrogen-bond acceptors (Lipinski definition) is 2. The summed E-state index contributed by atoms with van der Waals surface area (Å²) in [6.07, 6.45) is 20.5. The van der Waals surface area contributed by atoms with Gasteiger partial charge in [-0.1, -0.05) is 0 Å². The van der Waals surface area contributed by atoms with Gasteiger partial charge >= 0.3 is 119 Å². The first-order valence-corrected chi connectivity index (χ1v) is 7.47. The summed E-state index contributed by atoms with van der Waals surface area (Å²) in [5.74, 6) is 1.58. The Labute approximate surface area is 131 Å². The van der Waals surface area contributed by atoms with Crippen LogP contribution in [0, 0.1) is 5.92 Å². The summed E-state index contributed by atoms with van der Waals surface area (Å²) >= 11 is 2.59. The Morgan fingerprint density at radius 1 is 1.05 bits per heavy atom. The van der Waals surface area contributed by atoms with E-state index in [0.29, 0.717) is 0 Å². The molecular formula is C17H20CrO2. The van der Waals surface area contributed by atoms with Crippen molar-refractivity contribution in [3.8, 4) is 0 Å². The molecule has 0 amide bonds. The summed E-state index contributed by atoms with van der Waals surface area (Å²) in [7, 11) is 0. The fourth-order valence-corrected chi connectivity index (χ4v) is 2.69. The first kappa shape index (κ1) is 17.2. The molecule has 0 saturated heterocycles. The van der Waals surface area contributed by atoms with Gasteiger partial charge in [-0.25, -0.2) is 0 Å². The van der Waals surface area contributed by atoms with Gasteiger partial charge in [-0.05, 0) is 0 Å². The summed E-state index contributed by atoms with van der Waals surface area (Å²) in [5, 5.41) is 0. The van der Waals surface area contributed by atoms with Crippen LogP contribution in [-0.4, -0.2) is 13.4 Å². The van der Waals surface area contributed by atoms with Crippen LogP contribution in [0.5, 0.6) is 0 Å². The fourth-order valence-electron chi connectivity index (χ4n) is 2.51. The summed E-state index contributed by atoms with van der Waals surface area (Å²) in [6.45, 7) is 5.34. The van der Waals surface area contributed by atoms with Gasteiger partial charge in [0.1, 0.15) is 0 Å². The van der Waals surface area contributed by atoms with Crippen molar-refractivity contribution in [3.05, 3.63) is 53.5 Å². The second-order valence-electron chi connectivity index (χ2n) is 4.76. The Balaban J connectivity index is 0.000000956. The van der Waals surface area contributed by atoms with E-state index in [9.17, 15) is 0 Å². The summed E-state index contributed by atoms with van der Waals surface area (Å²) in [6, 6.07) is 0. The van der Waals surface area contributed by atoms with E-state index in [4.69, 9.17) is 8.58 Å². The summed E-state index contributed by atoms with van der Waals surface area (Å²) in [4.78, 5) is 7.50. The monoisotopic (exact) mass is 308 g/mol. The van der Waals surface area contributed by atoms with Gasteiger partial charge in [0.05, 0.1) is 0 Å². The molecular weight excluding hydrogens is 288 g/mol. The predicted octanol–water partition coefficient (Wildman–Crippen LogP) is 3.98. The molecule has 0 unspecified atom stereocenters. The van der Waals surface area contributed by atoms with Crippen LogP contribution in [0.15, 0.2) is 47.6 Å². The summed E-state index contributed by atoms with van der Waals surface area (Å²) < 4.78 is 4.97. The molecule has 2 nitrogen and oxygen atoms in total. The number of hydrogen-bond donors (Lipinski definition) is 0. The van der Waals surface area contributed by atoms with E-state index >= 15 is 0 Å². The van der Waals surface area contributed by atoms with Crippen LogP contribution < -0.4 is 0 Å². The van der Waals surface area contributed by atoms with Crippen molar-refractivity contribution in [1.29, 1.82) is 0 Å². The van der Waals surface area contributed by atoms with Crippen molar-refractivity contribution < 1.29 is 25.2 Å². The molecule has 3 radical (unpaired) electrons. The molecule has 0 atom stereocenters. The Hall–Kier alpha value is -0.878. The average Bonchev–Trinajstić information content (AvgIpc) is 3.18. The zero-order chi connectivity index (χ0) is 14.6. The average molecular weight is 308 g/mol. The molecule has 20 heavy (non-hydrogen) atoms. The van der Waals surface area contributed by atoms with Crippen LogP contribution in [0.4, 0.5) is 0 Å². The molecule has 0 saturated carbocycles. The van der Waals surface area contributed by atoms with E-state index in [2.05, 4.69) is 59.9 Å². The van der Waals surface area contributed by atoms with Crippen molar-refractivity contribution in [1.82, 2.24) is 0 Å². The minimum absolute atomic E-state index is 0.837. The van der Waals surface area contributed by atoms with Crippen molar-refractivity contribution in [2.75, 3.05) is 6.61 Å². The number of carbonyl (C=O) groups excluding carboxylic acids is 1. The van der Waals surface area contributed by atoms with Crippen LogP contribution in [0.25, 0.3) is 0 Å². The molecule has 0 aromatic heterocycles. The van der Waals surface area contributed by atoms with E-state index in [1.165, 1.54) is 30.4 Å². The number of unbranched alkanes of at least 4 members (excludes halogenated alkanes) is 2. The Kier molecular flexibility index (Phi) is 9.32. The SMILES string of the molecule is [C]=O.[Cr][O]CCCCC[C](C1=CC=CC1)C1=CC=CC1. The van der Waals surface area contributed by atoms with Gasteiger partial charge < -0.3 is 0 Å². The maximum atomic E-state index is 7.50. The summed E-state index contributed by atoms with van der Waals surface area (Å²) in [5.41, 5.74) is 3.04. The van der Waals surface area contributed by atoms with Gasteiger partial charge in [-0.2, -0.15) is 0 Å². The van der Waals surface area contributed by atoms with Crippen LogP contribution in [0.3, 0.4) is 0 Å². The number of allylic oxidation sites excluding steroid dienone is 8. The molecule has 0 aromatic carbocycles. The van der Waals surface area contributed by atoms with Crippen LogP contribution >= 0.6 is 0 Å². The molecule has 3 heteroatoms. The Bertz CT molecular complexity index is 364. The molecule has 106 valence electrons. The van der Waals surface area contributed by atoms with E-state index in [-0.39, 0.29) is 0 Å². The van der Waals surface area contributed by atoms with E-state index in [0.717, 1.165) is 25.9 Å². The topological polar surface area (TPSA) is 26.3 Å². The van der Waals surface area contributed by atoms with Crippen molar-refractivity contribution in [2.24, 2.45) is 0 Å². The number of rotatable bonds is 8. The first-order valence-electron chi connectivity index (χ1n) is 6.95. The molecule has 0 spiro atoms. The van der Waals surface area contributed by atoms with E-state index in [1.54, 1.807) is 5.92 Å². The van der Waals surface area contributed by atoms with Gasteiger partial charge in [0.2, 0.25) is 0 Å². The second-order valence-corrected chi connectivity index (χ2v) is 5.13. The van der Waals surface area contributed by atoms with Gasteiger partial charge in [0, 0.05) is 0 Å². The quantitative estimate of drug-likeness (QED) is 0.634. The van der Waals surface area contributed by atoms with E-state index in [1.807, 2.05) is 0 Å². The molecule has 2 aliphatic rings. The minimum atomic E-state index is 0.837. The van der Waals surface area contributed by atoms with Crippen molar-refractivity contribution in [2.45, 2.75) is 38.5 Å². The maximum absolute atomic E-state index is 7.50. The predicted molar refractivity (Wildman–Crippen MR) is 77.0 cm³/mol. The molecule has 0 heterocycles. The van der Waals surface area contributed by atoms with E-state index < -0.39 is 0 Å².